The van der Waals surface area contributed by atoms with Crippen LogP contribution < -0.4 is 0 Å². The molecule has 0 heterocycles. The van der Waals surface area contributed by atoms with Crippen molar-refractivity contribution < 1.29 is 0 Å². The molecule has 0 aliphatic heterocycles. The first kappa shape index (κ1) is 8.62. The highest BCUT2D eigenvalue weighted by molar-refractivity contribution is 5.39. The lowest BCUT2D eigenvalue weighted by Crippen LogP contribution is -1.71. The van der Waals surface area contributed by atoms with Crippen LogP contribution in [0.4, 0.5) is 0 Å². The van der Waals surface area contributed by atoms with Gasteiger partial charge in [-0.1, -0.05) is 36.1 Å². The van der Waals surface area contributed by atoms with Gasteiger partial charge in [-0.15, -0.1) is 0 Å². The summed E-state index contributed by atoms with van der Waals surface area (Å²) < 4.78 is 0. The van der Waals surface area contributed by atoms with Gasteiger partial charge in [0.2, 0.25) is 0 Å². The molecule has 0 nitrogen and oxygen atoms in total. The molecule has 0 aromatic heterocycles. The van der Waals surface area contributed by atoms with Crippen molar-refractivity contribution in [3.8, 4) is 11.8 Å². The third-order valence-corrected chi connectivity index (χ3v) is 1.48. The van der Waals surface area contributed by atoms with Gasteiger partial charge in [0, 0.05) is 5.56 Å². The monoisotopic (exact) mass is 155 g/mol. The van der Waals surface area contributed by atoms with Gasteiger partial charge in [0.05, 0.1) is 0 Å². The summed E-state index contributed by atoms with van der Waals surface area (Å²) in [7, 11) is 0. The molecule has 0 heteroatoms. The fourth-order valence-corrected chi connectivity index (χ4v) is 0.743. The molecule has 1 aromatic rings. The summed E-state index contributed by atoms with van der Waals surface area (Å²) in [6.07, 6.45) is 1.76. The van der Waals surface area contributed by atoms with Crippen LogP contribution in [0.1, 0.15) is 12.5 Å². The predicted octanol–water partition coefficient (Wildman–Crippen LogP) is 2.82. The van der Waals surface area contributed by atoms with Gasteiger partial charge < -0.3 is 0 Å². The second kappa shape index (κ2) is 4.41. The smallest absolute Gasteiger partial charge is 0.0248 e. The van der Waals surface area contributed by atoms with Crippen LogP contribution in [0.2, 0.25) is 0 Å². The van der Waals surface area contributed by atoms with Gasteiger partial charge in [-0.3, -0.25) is 0 Å². The van der Waals surface area contributed by atoms with E-state index in [1.807, 2.05) is 37.3 Å². The molecule has 0 aliphatic rings. The molecule has 0 atom stereocenters. The van der Waals surface area contributed by atoms with E-state index in [0.29, 0.717) is 0 Å². The third kappa shape index (κ3) is 2.64. The second-order valence-electron chi connectivity index (χ2n) is 2.50. The van der Waals surface area contributed by atoms with Gasteiger partial charge in [0.25, 0.3) is 0 Å². The summed E-state index contributed by atoms with van der Waals surface area (Å²) in [4.78, 5) is 0. The van der Waals surface area contributed by atoms with E-state index in [2.05, 4.69) is 18.8 Å². The van der Waals surface area contributed by atoms with E-state index in [9.17, 15) is 0 Å². The minimum atomic E-state index is 0.999. The van der Waals surface area contributed by atoms with Crippen LogP contribution >= 0.6 is 0 Å². The summed E-state index contributed by atoms with van der Waals surface area (Å²) in [5.74, 6) is 6.03. The lowest BCUT2D eigenvalue weighted by Gasteiger charge is -1.86. The molecule has 0 amide bonds. The zero-order chi connectivity index (χ0) is 8.81. The SMILES string of the molecule is [CH2]/C=C(\C)C#Cc1ccccc1. The summed E-state index contributed by atoms with van der Waals surface area (Å²) in [6, 6.07) is 9.92. The largest absolute Gasteiger partial charge is 0.0729 e. The molecular formula is C12H11. The molecule has 0 aliphatic carbocycles. The fourth-order valence-electron chi connectivity index (χ4n) is 0.743. The highest BCUT2D eigenvalue weighted by Gasteiger charge is 1.80. The van der Waals surface area contributed by atoms with E-state index in [-0.39, 0.29) is 0 Å². The molecule has 1 rings (SSSR count). The fraction of sp³-hybridized carbons (Fsp3) is 0.0833. The number of benzene rings is 1. The van der Waals surface area contributed by atoms with E-state index < -0.39 is 0 Å². The topological polar surface area (TPSA) is 0 Å². The normalized spacial score (nSPS) is 10.3. The average Bonchev–Trinajstić information content (AvgIpc) is 2.16. The number of rotatable bonds is 0. The molecule has 0 saturated heterocycles. The Balaban J connectivity index is 2.81. The van der Waals surface area contributed by atoms with E-state index >= 15 is 0 Å². The Morgan fingerprint density at radius 1 is 1.33 bits per heavy atom. The van der Waals surface area contributed by atoms with Crippen LogP contribution in [0.3, 0.4) is 0 Å². The first-order chi connectivity index (χ1) is 5.83. The Labute approximate surface area is 73.9 Å². The minimum absolute atomic E-state index is 0.999. The van der Waals surface area contributed by atoms with Crippen molar-refractivity contribution in [1.29, 1.82) is 0 Å². The van der Waals surface area contributed by atoms with E-state index in [4.69, 9.17) is 0 Å². The van der Waals surface area contributed by atoms with Gasteiger partial charge in [-0.2, -0.15) is 0 Å². The Kier molecular flexibility index (Phi) is 3.17. The average molecular weight is 155 g/mol. The summed E-state index contributed by atoms with van der Waals surface area (Å²) >= 11 is 0. The number of hydrogen-bond donors (Lipinski definition) is 0. The van der Waals surface area contributed by atoms with Gasteiger partial charge >= 0.3 is 0 Å². The van der Waals surface area contributed by atoms with Crippen molar-refractivity contribution >= 4 is 0 Å². The number of hydrogen-bond acceptors (Lipinski definition) is 0. The Morgan fingerprint density at radius 3 is 2.58 bits per heavy atom. The standard InChI is InChI=1S/C12H11/c1-3-11(2)9-10-12-7-5-4-6-8-12/h3-8H,1H2,2H3/b11-3+. The molecule has 0 unspecified atom stereocenters. The molecule has 59 valence electrons. The second-order valence-corrected chi connectivity index (χ2v) is 2.50. The maximum atomic E-state index is 3.63. The van der Waals surface area contributed by atoms with Crippen LogP contribution in [0.5, 0.6) is 0 Å². The molecule has 0 saturated carbocycles. The number of allylic oxidation sites excluding steroid dienone is 2. The van der Waals surface area contributed by atoms with E-state index in [1.54, 1.807) is 6.08 Å². The zero-order valence-electron chi connectivity index (χ0n) is 7.17. The van der Waals surface area contributed by atoms with Crippen molar-refractivity contribution in [3.05, 3.63) is 54.5 Å². The lowest BCUT2D eigenvalue weighted by atomic mass is 10.2. The lowest BCUT2D eigenvalue weighted by molar-refractivity contribution is 1.57. The first-order valence-corrected chi connectivity index (χ1v) is 3.86. The molecule has 12 heavy (non-hydrogen) atoms. The summed E-state index contributed by atoms with van der Waals surface area (Å²) in [5, 5.41) is 0. The molecule has 1 radical (unpaired) electrons. The minimum Gasteiger partial charge on any atom is -0.0729 e. The maximum absolute atomic E-state index is 3.63. The molecule has 0 bridgehead atoms. The molecular weight excluding hydrogens is 144 g/mol. The first-order valence-electron chi connectivity index (χ1n) is 3.86. The molecule has 0 spiro atoms. The van der Waals surface area contributed by atoms with Gasteiger partial charge in [0.1, 0.15) is 0 Å². The maximum Gasteiger partial charge on any atom is 0.0248 e. The van der Waals surface area contributed by atoms with Crippen LogP contribution in [0.15, 0.2) is 42.0 Å². The van der Waals surface area contributed by atoms with Crippen LogP contribution in [-0.4, -0.2) is 0 Å². The quantitative estimate of drug-likeness (QED) is 0.505. The van der Waals surface area contributed by atoms with Gasteiger partial charge in [-0.25, -0.2) is 0 Å². The third-order valence-electron chi connectivity index (χ3n) is 1.48. The van der Waals surface area contributed by atoms with Crippen LogP contribution in [0, 0.1) is 18.8 Å². The summed E-state index contributed by atoms with van der Waals surface area (Å²) in [6.45, 7) is 5.58. The van der Waals surface area contributed by atoms with Gasteiger partial charge in [-0.05, 0) is 31.6 Å². The van der Waals surface area contributed by atoms with E-state index in [0.717, 1.165) is 11.1 Å². The Bertz CT molecular complexity index is 320. The molecule has 0 N–H and O–H groups in total. The van der Waals surface area contributed by atoms with Gasteiger partial charge in [0.15, 0.2) is 0 Å². The van der Waals surface area contributed by atoms with Crippen LogP contribution in [0.25, 0.3) is 0 Å². The molecule has 0 fully saturated rings. The van der Waals surface area contributed by atoms with Crippen molar-refractivity contribution in [3.63, 3.8) is 0 Å². The zero-order valence-corrected chi connectivity index (χ0v) is 7.17. The van der Waals surface area contributed by atoms with Crippen molar-refractivity contribution in [1.82, 2.24) is 0 Å². The Hall–Kier alpha value is -1.48. The highest BCUT2D eigenvalue weighted by Crippen LogP contribution is 1.96. The van der Waals surface area contributed by atoms with Crippen molar-refractivity contribution in [2.45, 2.75) is 6.92 Å². The summed E-state index contributed by atoms with van der Waals surface area (Å²) in [5.41, 5.74) is 2.04. The van der Waals surface area contributed by atoms with Crippen molar-refractivity contribution in [2.24, 2.45) is 0 Å². The van der Waals surface area contributed by atoms with E-state index in [1.165, 1.54) is 0 Å². The van der Waals surface area contributed by atoms with Crippen molar-refractivity contribution in [2.75, 3.05) is 0 Å². The molecule has 1 aromatic carbocycles. The predicted molar refractivity (Wildman–Crippen MR) is 52.4 cm³/mol. The Morgan fingerprint density at radius 2 is 2.00 bits per heavy atom. The highest BCUT2D eigenvalue weighted by atomic mass is 13.8. The van der Waals surface area contributed by atoms with Crippen LogP contribution in [-0.2, 0) is 0 Å².